The minimum Gasteiger partial charge on any atom is -0.338 e. The van der Waals surface area contributed by atoms with Crippen molar-refractivity contribution in [3.63, 3.8) is 0 Å². The van der Waals surface area contributed by atoms with Gasteiger partial charge in [-0.25, -0.2) is 9.67 Å². The van der Waals surface area contributed by atoms with Crippen LogP contribution in [0.3, 0.4) is 0 Å². The Kier molecular flexibility index (Phi) is 6.16. The Bertz CT molecular complexity index is 1340. The van der Waals surface area contributed by atoms with Crippen LogP contribution < -0.4 is 5.32 Å². The summed E-state index contributed by atoms with van der Waals surface area (Å²) < 4.78 is 1.69. The topological polar surface area (TPSA) is 122 Å². The summed E-state index contributed by atoms with van der Waals surface area (Å²) in [5.41, 5.74) is 3.74. The van der Waals surface area contributed by atoms with Crippen molar-refractivity contribution in [1.82, 2.24) is 34.8 Å². The third-order valence-electron chi connectivity index (χ3n) is 5.93. The number of amides is 2. The van der Waals surface area contributed by atoms with Crippen LogP contribution in [0.5, 0.6) is 0 Å². The molecule has 5 rings (SSSR count). The second-order valence-electron chi connectivity index (χ2n) is 8.27. The van der Waals surface area contributed by atoms with Gasteiger partial charge in [0.1, 0.15) is 0 Å². The number of nitrogens with one attached hydrogen (secondary N) is 2. The molecule has 1 atom stereocenters. The van der Waals surface area contributed by atoms with Crippen LogP contribution in [0.2, 0.25) is 0 Å². The molecule has 5 heterocycles. The van der Waals surface area contributed by atoms with Gasteiger partial charge in [-0.15, -0.1) is 0 Å². The molecule has 0 unspecified atom stereocenters. The van der Waals surface area contributed by atoms with Crippen molar-refractivity contribution in [3.05, 3.63) is 73.8 Å². The largest absolute Gasteiger partial charge is 0.338 e. The fourth-order valence-electron chi connectivity index (χ4n) is 4.08. The molecular weight excluding hydrogens is 444 g/mol. The molecule has 176 valence electrons. The van der Waals surface area contributed by atoms with Gasteiger partial charge in [-0.05, 0) is 49.2 Å². The van der Waals surface area contributed by atoms with Crippen LogP contribution in [0.1, 0.15) is 12.8 Å². The van der Waals surface area contributed by atoms with E-state index in [1.807, 2.05) is 42.6 Å². The van der Waals surface area contributed by atoms with Gasteiger partial charge < -0.3 is 10.2 Å². The number of nitrogens with zero attached hydrogens (tertiary/aromatic N) is 6. The van der Waals surface area contributed by atoms with Crippen LogP contribution in [0.15, 0.2) is 73.8 Å². The van der Waals surface area contributed by atoms with Crippen molar-refractivity contribution in [2.45, 2.75) is 12.8 Å². The average molecular weight is 469 g/mol. The quantitative estimate of drug-likeness (QED) is 0.420. The van der Waals surface area contributed by atoms with E-state index in [0.717, 1.165) is 35.5 Å². The summed E-state index contributed by atoms with van der Waals surface area (Å²) >= 11 is 0. The predicted octanol–water partition coefficient (Wildman–Crippen LogP) is 3.08. The Morgan fingerprint density at radius 2 is 2.06 bits per heavy atom. The summed E-state index contributed by atoms with van der Waals surface area (Å²) in [4.78, 5) is 35.4. The lowest BCUT2D eigenvalue weighted by atomic mass is 9.97. The lowest BCUT2D eigenvalue weighted by Gasteiger charge is -2.31. The van der Waals surface area contributed by atoms with E-state index in [1.54, 1.807) is 28.2 Å². The van der Waals surface area contributed by atoms with Crippen LogP contribution in [0.4, 0.5) is 5.69 Å². The lowest BCUT2D eigenvalue weighted by molar-refractivity contribution is -0.130. The predicted molar refractivity (Wildman–Crippen MR) is 130 cm³/mol. The van der Waals surface area contributed by atoms with Crippen LogP contribution in [-0.2, 0) is 9.59 Å². The molecule has 1 aliphatic heterocycles. The van der Waals surface area contributed by atoms with E-state index in [4.69, 9.17) is 0 Å². The second-order valence-corrected chi connectivity index (χ2v) is 8.27. The Morgan fingerprint density at radius 3 is 2.83 bits per heavy atom. The second kappa shape index (κ2) is 9.72. The molecule has 1 aliphatic rings. The molecule has 1 fully saturated rings. The third-order valence-corrected chi connectivity index (χ3v) is 5.93. The van der Waals surface area contributed by atoms with E-state index >= 15 is 0 Å². The van der Waals surface area contributed by atoms with E-state index in [1.165, 1.54) is 6.08 Å². The molecule has 0 aliphatic carbocycles. The highest BCUT2D eigenvalue weighted by Crippen LogP contribution is 2.22. The average Bonchev–Trinajstić information content (AvgIpc) is 3.62. The smallest absolute Gasteiger partial charge is 0.245 e. The number of anilines is 1. The molecule has 10 nitrogen and oxygen atoms in total. The number of hydrogen-bond acceptors (Lipinski definition) is 6. The lowest BCUT2D eigenvalue weighted by Crippen LogP contribution is -2.43. The van der Waals surface area contributed by atoms with Gasteiger partial charge in [0, 0.05) is 31.0 Å². The van der Waals surface area contributed by atoms with Gasteiger partial charge in [-0.2, -0.15) is 10.2 Å². The molecule has 1 saturated heterocycles. The van der Waals surface area contributed by atoms with Crippen molar-refractivity contribution in [1.29, 1.82) is 0 Å². The minimum absolute atomic E-state index is 0.114. The highest BCUT2D eigenvalue weighted by molar-refractivity contribution is 5.93. The Balaban J connectivity index is 1.25. The van der Waals surface area contributed by atoms with Crippen LogP contribution in [0.25, 0.3) is 28.5 Å². The van der Waals surface area contributed by atoms with Gasteiger partial charge in [-0.1, -0.05) is 12.6 Å². The fraction of sp³-hybridized carbons (Fsp3) is 0.200. The summed E-state index contributed by atoms with van der Waals surface area (Å²) in [6.45, 7) is 4.58. The number of hydrogen-bond donors (Lipinski definition) is 2. The summed E-state index contributed by atoms with van der Waals surface area (Å²) in [7, 11) is 0. The van der Waals surface area contributed by atoms with Gasteiger partial charge in [0.2, 0.25) is 11.8 Å². The molecule has 0 aromatic carbocycles. The molecule has 4 aromatic heterocycles. The fourth-order valence-corrected chi connectivity index (χ4v) is 4.08. The number of piperidine rings is 1. The van der Waals surface area contributed by atoms with Gasteiger partial charge in [0.25, 0.3) is 0 Å². The zero-order valence-electron chi connectivity index (χ0n) is 19.0. The van der Waals surface area contributed by atoms with E-state index in [-0.39, 0.29) is 17.7 Å². The summed E-state index contributed by atoms with van der Waals surface area (Å²) in [5.74, 6) is 0.161. The van der Waals surface area contributed by atoms with Crippen molar-refractivity contribution in [2.75, 3.05) is 18.4 Å². The molecule has 10 heteroatoms. The van der Waals surface area contributed by atoms with Crippen LogP contribution >= 0.6 is 0 Å². The highest BCUT2D eigenvalue weighted by atomic mass is 16.2. The Labute approximate surface area is 201 Å². The first-order chi connectivity index (χ1) is 17.1. The SMILES string of the molecule is C=CC(=O)N1CCC[C@H](C(=O)Nc2ccc(-c3cnn(-c4cccc(-c5ccn[nH]5)n4)c3)nc2)C1. The maximum Gasteiger partial charge on any atom is 0.245 e. The molecule has 0 spiro atoms. The maximum atomic E-state index is 12.7. The molecule has 0 saturated carbocycles. The first-order valence-electron chi connectivity index (χ1n) is 11.3. The van der Waals surface area contributed by atoms with E-state index < -0.39 is 0 Å². The summed E-state index contributed by atoms with van der Waals surface area (Å²) in [6.07, 6.45) is 9.70. The molecule has 0 radical (unpaired) electrons. The number of likely N-dealkylation sites (tertiary alicyclic amines) is 1. The zero-order chi connectivity index (χ0) is 24.2. The maximum absolute atomic E-state index is 12.7. The van der Waals surface area contributed by atoms with E-state index in [9.17, 15) is 9.59 Å². The van der Waals surface area contributed by atoms with Crippen LogP contribution in [-0.4, -0.2) is 59.7 Å². The standard InChI is InChI=1S/C25H24N8O2/c1-2-24(34)32-12-4-5-17(15-32)25(35)29-19-8-9-20(26-14-19)18-13-28-33(16-18)23-7-3-6-21(30-23)22-10-11-27-31-22/h2-3,6-11,13-14,16-17H,1,4-5,12,15H2,(H,27,31)(H,29,35)/t17-/m0/s1. The Hall–Kier alpha value is -4.60. The number of aromatic nitrogens is 6. The zero-order valence-corrected chi connectivity index (χ0v) is 19.0. The molecule has 35 heavy (non-hydrogen) atoms. The summed E-state index contributed by atoms with van der Waals surface area (Å²) in [6, 6.07) is 11.2. The van der Waals surface area contributed by atoms with Crippen molar-refractivity contribution >= 4 is 17.5 Å². The molecule has 2 amide bonds. The van der Waals surface area contributed by atoms with Crippen molar-refractivity contribution in [2.24, 2.45) is 5.92 Å². The van der Waals surface area contributed by atoms with Crippen molar-refractivity contribution < 1.29 is 9.59 Å². The first-order valence-corrected chi connectivity index (χ1v) is 11.3. The number of carbonyl (C=O) groups excluding carboxylic acids is 2. The number of pyridine rings is 2. The van der Waals surface area contributed by atoms with Gasteiger partial charge in [0.05, 0.1) is 41.1 Å². The molecule has 2 N–H and O–H groups in total. The van der Waals surface area contributed by atoms with Gasteiger partial charge in [-0.3, -0.25) is 19.7 Å². The number of H-pyrrole nitrogens is 1. The molecular formula is C25H24N8O2. The van der Waals surface area contributed by atoms with E-state index in [0.29, 0.717) is 24.6 Å². The first kappa shape index (κ1) is 22.2. The van der Waals surface area contributed by atoms with Crippen LogP contribution in [0, 0.1) is 5.92 Å². The number of carbonyl (C=O) groups is 2. The molecule has 4 aromatic rings. The number of rotatable bonds is 6. The highest BCUT2D eigenvalue weighted by Gasteiger charge is 2.27. The number of aromatic amines is 1. The van der Waals surface area contributed by atoms with Crippen molar-refractivity contribution in [3.8, 4) is 28.5 Å². The third kappa shape index (κ3) is 4.86. The minimum atomic E-state index is -0.254. The van der Waals surface area contributed by atoms with E-state index in [2.05, 4.69) is 37.2 Å². The van der Waals surface area contributed by atoms with Gasteiger partial charge in [0.15, 0.2) is 5.82 Å². The van der Waals surface area contributed by atoms with Gasteiger partial charge >= 0.3 is 0 Å². The molecule has 0 bridgehead atoms. The normalized spacial score (nSPS) is 15.5. The Morgan fingerprint density at radius 1 is 1.14 bits per heavy atom. The summed E-state index contributed by atoms with van der Waals surface area (Å²) in [5, 5.41) is 14.2. The monoisotopic (exact) mass is 468 g/mol.